The number of nitrogens with one attached hydrogen (secondary N) is 1. The van der Waals surface area contributed by atoms with E-state index in [0.29, 0.717) is 5.92 Å². The Morgan fingerprint density at radius 2 is 1.67 bits per heavy atom. The Bertz CT molecular complexity index is 354. The summed E-state index contributed by atoms with van der Waals surface area (Å²) in [6, 6.07) is 0. The Hall–Kier alpha value is -0.130. The summed E-state index contributed by atoms with van der Waals surface area (Å²) in [7, 11) is -3.20. The molecule has 2 N–H and O–H groups in total. The average molecular weight is 275 g/mol. The molecule has 0 unspecified atom stereocenters. The molecule has 0 spiro atoms. The molecular formula is C13H25NO3S. The predicted octanol–water partition coefficient (Wildman–Crippen LogP) is 1.79. The summed E-state index contributed by atoms with van der Waals surface area (Å²) in [5.41, 5.74) is -0.816. The van der Waals surface area contributed by atoms with Gasteiger partial charge < -0.3 is 5.11 Å². The molecule has 2 aliphatic rings. The minimum atomic E-state index is -3.20. The van der Waals surface area contributed by atoms with E-state index in [-0.39, 0.29) is 12.3 Å². The van der Waals surface area contributed by atoms with Gasteiger partial charge in [-0.15, -0.1) is 0 Å². The van der Waals surface area contributed by atoms with Gasteiger partial charge in [-0.25, -0.2) is 13.1 Å². The molecule has 0 aromatic heterocycles. The summed E-state index contributed by atoms with van der Waals surface area (Å²) in [6.07, 6.45) is 8.97. The minimum absolute atomic E-state index is 0.196. The lowest BCUT2D eigenvalue weighted by Gasteiger charge is -2.29. The summed E-state index contributed by atoms with van der Waals surface area (Å²) in [6.45, 7) is 0.196. The largest absolute Gasteiger partial charge is 0.389 e. The maximum atomic E-state index is 11.9. The van der Waals surface area contributed by atoms with Crippen LogP contribution in [-0.4, -0.2) is 31.4 Å². The van der Waals surface area contributed by atoms with Crippen LogP contribution in [0.3, 0.4) is 0 Å². The van der Waals surface area contributed by atoms with Gasteiger partial charge in [-0.1, -0.05) is 32.1 Å². The molecule has 2 aliphatic carbocycles. The van der Waals surface area contributed by atoms with E-state index in [9.17, 15) is 13.5 Å². The zero-order chi connectivity index (χ0) is 13.1. The molecule has 0 radical (unpaired) electrons. The van der Waals surface area contributed by atoms with Gasteiger partial charge in [-0.2, -0.15) is 0 Å². The fraction of sp³-hybridized carbons (Fsp3) is 1.00. The first-order chi connectivity index (χ1) is 8.49. The molecule has 0 amide bonds. The van der Waals surface area contributed by atoms with Crippen molar-refractivity contribution in [3.63, 3.8) is 0 Å². The van der Waals surface area contributed by atoms with Crippen LogP contribution in [0.1, 0.15) is 57.8 Å². The predicted molar refractivity (Wildman–Crippen MR) is 71.8 cm³/mol. The van der Waals surface area contributed by atoms with Crippen molar-refractivity contribution in [2.45, 2.75) is 63.4 Å². The van der Waals surface area contributed by atoms with E-state index in [0.717, 1.165) is 57.8 Å². The van der Waals surface area contributed by atoms with Gasteiger partial charge in [0.25, 0.3) is 0 Å². The van der Waals surface area contributed by atoms with Crippen LogP contribution >= 0.6 is 0 Å². The lowest BCUT2D eigenvalue weighted by molar-refractivity contribution is 0.0302. The molecule has 0 saturated heterocycles. The number of aliphatic hydroxyl groups is 1. The smallest absolute Gasteiger partial charge is 0.211 e. The third kappa shape index (κ3) is 4.21. The minimum Gasteiger partial charge on any atom is -0.389 e. The van der Waals surface area contributed by atoms with Gasteiger partial charge in [0.15, 0.2) is 0 Å². The topological polar surface area (TPSA) is 66.4 Å². The normalized spacial score (nSPS) is 25.4. The van der Waals surface area contributed by atoms with Crippen molar-refractivity contribution in [3.05, 3.63) is 0 Å². The first-order valence-electron chi connectivity index (χ1n) is 7.19. The molecule has 18 heavy (non-hydrogen) atoms. The first-order valence-corrected chi connectivity index (χ1v) is 8.84. The molecule has 2 rings (SSSR count). The Morgan fingerprint density at radius 1 is 1.06 bits per heavy atom. The van der Waals surface area contributed by atoms with E-state index in [2.05, 4.69) is 4.72 Å². The van der Waals surface area contributed by atoms with Crippen molar-refractivity contribution in [2.24, 2.45) is 5.92 Å². The van der Waals surface area contributed by atoms with E-state index in [4.69, 9.17) is 0 Å². The standard InChI is InChI=1S/C13H25NO3S/c15-13(8-3-1-2-4-9-13)11-14-18(16,17)10-12-6-5-7-12/h12,14-15H,1-11H2. The molecule has 5 heteroatoms. The molecule has 0 atom stereocenters. The van der Waals surface area contributed by atoms with Crippen LogP contribution in [0.5, 0.6) is 0 Å². The van der Waals surface area contributed by atoms with E-state index in [1.807, 2.05) is 0 Å². The third-order valence-electron chi connectivity index (χ3n) is 4.34. The monoisotopic (exact) mass is 275 g/mol. The van der Waals surface area contributed by atoms with Gasteiger partial charge in [0.1, 0.15) is 0 Å². The molecule has 2 fully saturated rings. The SMILES string of the molecule is O=S(=O)(CC1CCC1)NCC1(O)CCCCCC1. The highest BCUT2D eigenvalue weighted by Crippen LogP contribution is 2.28. The molecule has 4 nitrogen and oxygen atoms in total. The van der Waals surface area contributed by atoms with Gasteiger partial charge in [-0.3, -0.25) is 0 Å². The van der Waals surface area contributed by atoms with Crippen molar-refractivity contribution in [3.8, 4) is 0 Å². The van der Waals surface area contributed by atoms with Crippen LogP contribution in [0, 0.1) is 5.92 Å². The molecule has 2 saturated carbocycles. The highest BCUT2D eigenvalue weighted by Gasteiger charge is 2.31. The van der Waals surface area contributed by atoms with Gasteiger partial charge in [0, 0.05) is 6.54 Å². The summed E-state index contributed by atoms with van der Waals surface area (Å²) in [5.74, 6) is 0.578. The van der Waals surface area contributed by atoms with E-state index in [1.54, 1.807) is 0 Å². The van der Waals surface area contributed by atoms with Gasteiger partial charge >= 0.3 is 0 Å². The lowest BCUT2D eigenvalue weighted by atomic mass is 9.87. The van der Waals surface area contributed by atoms with Gasteiger partial charge in [-0.05, 0) is 31.6 Å². The van der Waals surface area contributed by atoms with Crippen LogP contribution in [0.2, 0.25) is 0 Å². The maximum absolute atomic E-state index is 11.9. The highest BCUT2D eigenvalue weighted by molar-refractivity contribution is 7.89. The Labute approximate surface area is 110 Å². The van der Waals surface area contributed by atoms with Crippen molar-refractivity contribution in [2.75, 3.05) is 12.3 Å². The Balaban J connectivity index is 1.81. The van der Waals surface area contributed by atoms with E-state index < -0.39 is 15.6 Å². The first kappa shape index (κ1) is 14.3. The second kappa shape index (κ2) is 5.88. The third-order valence-corrected chi connectivity index (χ3v) is 5.83. The molecule has 0 aromatic carbocycles. The Kier molecular flexibility index (Phi) is 4.67. The van der Waals surface area contributed by atoms with Crippen LogP contribution < -0.4 is 4.72 Å². The summed E-state index contributed by atoms with van der Waals surface area (Å²) < 4.78 is 26.4. The Morgan fingerprint density at radius 3 is 2.17 bits per heavy atom. The second-order valence-electron chi connectivity index (χ2n) is 6.04. The number of rotatable bonds is 5. The van der Waals surface area contributed by atoms with Crippen LogP contribution in [0.25, 0.3) is 0 Å². The highest BCUT2D eigenvalue weighted by atomic mass is 32.2. The lowest BCUT2D eigenvalue weighted by Crippen LogP contribution is -2.44. The molecule has 0 bridgehead atoms. The molecule has 106 valence electrons. The summed E-state index contributed by atoms with van der Waals surface area (Å²) in [4.78, 5) is 0. The van der Waals surface area contributed by atoms with Crippen molar-refractivity contribution in [1.82, 2.24) is 4.72 Å². The van der Waals surface area contributed by atoms with Crippen LogP contribution in [0.15, 0.2) is 0 Å². The quantitative estimate of drug-likeness (QED) is 0.752. The van der Waals surface area contributed by atoms with Crippen molar-refractivity contribution in [1.29, 1.82) is 0 Å². The second-order valence-corrected chi connectivity index (χ2v) is 7.89. The van der Waals surface area contributed by atoms with E-state index >= 15 is 0 Å². The molecule has 0 aliphatic heterocycles. The fourth-order valence-electron chi connectivity index (χ4n) is 2.84. The van der Waals surface area contributed by atoms with Crippen molar-refractivity contribution >= 4 is 10.0 Å². The van der Waals surface area contributed by atoms with E-state index in [1.165, 1.54) is 0 Å². The number of sulfonamides is 1. The van der Waals surface area contributed by atoms with Gasteiger partial charge in [0.05, 0.1) is 11.4 Å². The summed E-state index contributed by atoms with van der Waals surface area (Å²) in [5, 5.41) is 10.4. The number of hydrogen-bond acceptors (Lipinski definition) is 3. The van der Waals surface area contributed by atoms with Crippen LogP contribution in [0.4, 0.5) is 0 Å². The molecule has 0 heterocycles. The maximum Gasteiger partial charge on any atom is 0.211 e. The average Bonchev–Trinajstić information content (AvgIpc) is 2.48. The zero-order valence-electron chi connectivity index (χ0n) is 11.0. The number of hydrogen-bond donors (Lipinski definition) is 2. The molecular weight excluding hydrogens is 250 g/mol. The van der Waals surface area contributed by atoms with Crippen LogP contribution in [-0.2, 0) is 10.0 Å². The molecule has 0 aromatic rings. The van der Waals surface area contributed by atoms with Gasteiger partial charge in [0.2, 0.25) is 10.0 Å². The summed E-state index contributed by atoms with van der Waals surface area (Å²) >= 11 is 0. The zero-order valence-corrected chi connectivity index (χ0v) is 11.8. The fourth-order valence-corrected chi connectivity index (χ4v) is 4.40. The van der Waals surface area contributed by atoms with Crippen molar-refractivity contribution < 1.29 is 13.5 Å².